The van der Waals surface area contributed by atoms with Crippen molar-refractivity contribution < 1.29 is 51.4 Å². The number of allylic oxidation sites excluding steroid dienone is 1. The summed E-state index contributed by atoms with van der Waals surface area (Å²) in [5, 5.41) is 3.19. The number of hydrogen-bond donors (Lipinski definition) is 1. The average molecular weight is 151 g/mol. The van der Waals surface area contributed by atoms with Crippen LogP contribution >= 0.6 is 0 Å². The van der Waals surface area contributed by atoms with Gasteiger partial charge in [-0.2, -0.15) is 6.42 Å². The molecule has 1 N–H and O–H groups in total. The van der Waals surface area contributed by atoms with E-state index in [0.29, 0.717) is 0 Å². The van der Waals surface area contributed by atoms with Crippen molar-refractivity contribution in [2.45, 2.75) is 13.3 Å². The molecule has 0 aromatic heterocycles. The Kier molecular flexibility index (Phi) is 17.4. The molecule has 0 aromatic carbocycles. The molecule has 48 valence electrons. The molecule has 0 aliphatic heterocycles. The molecule has 0 saturated heterocycles. The summed E-state index contributed by atoms with van der Waals surface area (Å²) in [6.07, 6.45) is 5.10. The molecule has 0 rings (SSSR count). The zero-order valence-electron chi connectivity index (χ0n) is 6.48. The van der Waals surface area contributed by atoms with E-state index in [1.165, 1.54) is 0 Å². The van der Waals surface area contributed by atoms with Crippen LogP contribution in [0, 0.1) is 6.92 Å². The molecule has 9 heavy (non-hydrogen) atoms. The van der Waals surface area contributed by atoms with Gasteiger partial charge in [-0.3, -0.25) is 0 Å². The fourth-order valence-corrected chi connectivity index (χ4v) is 0.428. The predicted molar refractivity (Wildman–Crippen MR) is 37.7 cm³/mol. The molecule has 0 heterocycles. The Balaban J connectivity index is 0. The summed E-state index contributed by atoms with van der Waals surface area (Å²) in [4.78, 5) is 0. The second-order valence-electron chi connectivity index (χ2n) is 1.63. The van der Waals surface area contributed by atoms with E-state index in [1.807, 2.05) is 13.0 Å². The molecule has 0 spiro atoms. The maximum Gasteiger partial charge on any atom is 1.00 e. The van der Waals surface area contributed by atoms with Gasteiger partial charge in [0.2, 0.25) is 0 Å². The smallest absolute Gasteiger partial charge is 0.342 e. The van der Waals surface area contributed by atoms with Crippen LogP contribution in [0.4, 0.5) is 0 Å². The second kappa shape index (κ2) is 12.1. The van der Waals surface area contributed by atoms with Crippen LogP contribution in [0.2, 0.25) is 0 Å². The first kappa shape index (κ1) is 13.0. The molecule has 0 aliphatic carbocycles. The summed E-state index contributed by atoms with van der Waals surface area (Å²) in [6, 6.07) is 0. The second-order valence-corrected chi connectivity index (χ2v) is 1.63. The van der Waals surface area contributed by atoms with E-state index in [1.54, 1.807) is 0 Å². The molecule has 0 fully saturated rings. The quantitative estimate of drug-likeness (QED) is 0.220. The van der Waals surface area contributed by atoms with Crippen molar-refractivity contribution >= 4 is 0 Å². The number of hydrogen-bond acceptors (Lipinski definition) is 1. The van der Waals surface area contributed by atoms with Gasteiger partial charge in [0.25, 0.3) is 0 Å². The van der Waals surface area contributed by atoms with Gasteiger partial charge >= 0.3 is 51.4 Å². The first-order chi connectivity index (χ1) is 3.91. The fourth-order valence-electron chi connectivity index (χ4n) is 0.428. The molecule has 1 nitrogen and oxygen atoms in total. The standard InChI is InChI=1S/C7H14N.K/c1-3-5-7-8-6-4-2;/h3,5,8H,2,4,6-7H2,1H3;/q-1;+1/b5-3+;. The zero-order valence-corrected chi connectivity index (χ0v) is 9.61. The van der Waals surface area contributed by atoms with Gasteiger partial charge in [-0.25, -0.2) is 0 Å². The minimum absolute atomic E-state index is 0. The molecule has 0 atom stereocenters. The third-order valence-electron chi connectivity index (χ3n) is 0.851. The Labute approximate surface area is 101 Å². The first-order valence-electron chi connectivity index (χ1n) is 3.03. The van der Waals surface area contributed by atoms with Gasteiger partial charge in [-0.15, -0.1) is 0 Å². The van der Waals surface area contributed by atoms with E-state index in [-0.39, 0.29) is 51.4 Å². The van der Waals surface area contributed by atoms with Crippen molar-refractivity contribution in [2.24, 2.45) is 0 Å². The van der Waals surface area contributed by atoms with E-state index in [4.69, 9.17) is 0 Å². The monoisotopic (exact) mass is 151 g/mol. The van der Waals surface area contributed by atoms with Crippen molar-refractivity contribution in [3.63, 3.8) is 0 Å². The van der Waals surface area contributed by atoms with Gasteiger partial charge in [0.05, 0.1) is 0 Å². The Morgan fingerprint density at radius 3 is 2.67 bits per heavy atom. The Bertz CT molecular complexity index is 61.9. The summed E-state index contributed by atoms with van der Waals surface area (Å²) in [6.45, 7) is 7.71. The molecule has 0 radical (unpaired) electrons. The third-order valence-corrected chi connectivity index (χ3v) is 0.851. The minimum atomic E-state index is 0. The zero-order chi connectivity index (χ0) is 6.24. The van der Waals surface area contributed by atoms with Crippen LogP contribution < -0.4 is 56.7 Å². The minimum Gasteiger partial charge on any atom is -0.342 e. The summed E-state index contributed by atoms with van der Waals surface area (Å²) < 4.78 is 0. The summed E-state index contributed by atoms with van der Waals surface area (Å²) >= 11 is 0. The van der Waals surface area contributed by atoms with Crippen molar-refractivity contribution in [3.05, 3.63) is 19.1 Å². The third kappa shape index (κ3) is 12.5. The van der Waals surface area contributed by atoms with Crippen LogP contribution in [0.15, 0.2) is 12.2 Å². The van der Waals surface area contributed by atoms with Gasteiger partial charge in [0.15, 0.2) is 0 Å². The molecule has 2 heteroatoms. The molecule has 0 amide bonds. The summed E-state index contributed by atoms with van der Waals surface area (Å²) in [7, 11) is 0. The summed E-state index contributed by atoms with van der Waals surface area (Å²) in [5.41, 5.74) is 0. The van der Waals surface area contributed by atoms with Crippen LogP contribution in [0.5, 0.6) is 0 Å². The maximum absolute atomic E-state index is 3.70. The number of nitrogens with one attached hydrogen (secondary N) is 1. The Morgan fingerprint density at radius 1 is 1.56 bits per heavy atom. The van der Waals surface area contributed by atoms with Crippen LogP contribution in [0.25, 0.3) is 0 Å². The van der Waals surface area contributed by atoms with Gasteiger partial charge in [0.1, 0.15) is 0 Å². The van der Waals surface area contributed by atoms with Crippen molar-refractivity contribution in [3.8, 4) is 0 Å². The van der Waals surface area contributed by atoms with Crippen molar-refractivity contribution in [1.29, 1.82) is 0 Å². The van der Waals surface area contributed by atoms with Gasteiger partial charge in [-0.05, 0) is 13.5 Å². The SMILES string of the molecule is [CH2-]CCNC/C=C/C.[K+]. The molecule has 0 saturated carbocycles. The number of rotatable bonds is 4. The topological polar surface area (TPSA) is 12.0 Å². The predicted octanol–water partition coefficient (Wildman–Crippen LogP) is -1.62. The average Bonchev–Trinajstić information content (AvgIpc) is 1.81. The van der Waals surface area contributed by atoms with E-state index in [9.17, 15) is 0 Å². The molecule has 0 unspecified atom stereocenters. The van der Waals surface area contributed by atoms with Crippen LogP contribution in [0.3, 0.4) is 0 Å². The Morgan fingerprint density at radius 2 is 2.22 bits per heavy atom. The largest absolute Gasteiger partial charge is 1.00 e. The molecule has 0 bridgehead atoms. The fraction of sp³-hybridized carbons (Fsp3) is 0.571. The molecule has 0 aliphatic rings. The van der Waals surface area contributed by atoms with Gasteiger partial charge in [0, 0.05) is 6.54 Å². The van der Waals surface area contributed by atoms with E-state index < -0.39 is 0 Å². The molecular weight excluding hydrogens is 137 g/mol. The first-order valence-corrected chi connectivity index (χ1v) is 3.03. The van der Waals surface area contributed by atoms with Gasteiger partial charge in [-0.1, -0.05) is 12.2 Å². The van der Waals surface area contributed by atoms with Gasteiger partial charge < -0.3 is 12.2 Å². The van der Waals surface area contributed by atoms with E-state index in [2.05, 4.69) is 18.3 Å². The van der Waals surface area contributed by atoms with Crippen LogP contribution in [-0.4, -0.2) is 13.1 Å². The summed E-state index contributed by atoms with van der Waals surface area (Å²) in [5.74, 6) is 0. The molecule has 0 aromatic rings. The normalized spacial score (nSPS) is 9.56. The maximum atomic E-state index is 3.70. The van der Waals surface area contributed by atoms with Crippen LogP contribution in [-0.2, 0) is 0 Å². The van der Waals surface area contributed by atoms with E-state index in [0.717, 1.165) is 19.5 Å². The molecular formula is C7H14KN. The van der Waals surface area contributed by atoms with Crippen molar-refractivity contribution in [2.75, 3.05) is 13.1 Å². The van der Waals surface area contributed by atoms with E-state index >= 15 is 0 Å². The van der Waals surface area contributed by atoms with Crippen molar-refractivity contribution in [1.82, 2.24) is 5.32 Å². The van der Waals surface area contributed by atoms with Crippen LogP contribution in [0.1, 0.15) is 13.3 Å². The Hall–Kier alpha value is 1.34.